The van der Waals surface area contributed by atoms with E-state index in [1.54, 1.807) is 0 Å². The van der Waals surface area contributed by atoms with E-state index in [2.05, 4.69) is 10.4 Å². The standard InChI is InChI=1S/C24H17N5OS/c1-15-11-13-17(14-12-15)28-23(25-16-7-3-2-4-8-16)27-29-22(30)21-20(26-24(28)29)18-9-5-6-10-19(18)31-21/h2-14H,1H3,(H,25,27). The number of hydrogen-bond donors (Lipinski definition) is 1. The number of nitrogens with one attached hydrogen (secondary N) is 1. The molecule has 6 nitrogen and oxygen atoms in total. The number of benzene rings is 3. The second-order valence-corrected chi connectivity index (χ2v) is 8.44. The van der Waals surface area contributed by atoms with E-state index in [1.165, 1.54) is 15.9 Å². The minimum Gasteiger partial charge on any atom is -0.324 e. The maximum atomic E-state index is 13.4. The first kappa shape index (κ1) is 17.9. The SMILES string of the molecule is Cc1ccc(-n2c(Nc3ccccc3)nn3c(=O)c4sc5ccccc5c4nc23)cc1. The van der Waals surface area contributed by atoms with Crippen molar-refractivity contribution in [1.29, 1.82) is 0 Å². The molecular weight excluding hydrogens is 406 g/mol. The minimum atomic E-state index is -0.164. The molecule has 0 bridgehead atoms. The summed E-state index contributed by atoms with van der Waals surface area (Å²) in [5, 5.41) is 8.95. The van der Waals surface area contributed by atoms with Gasteiger partial charge in [-0.2, -0.15) is 4.52 Å². The van der Waals surface area contributed by atoms with Crippen LogP contribution in [0.15, 0.2) is 83.7 Å². The highest BCUT2D eigenvalue weighted by Crippen LogP contribution is 2.31. The summed E-state index contributed by atoms with van der Waals surface area (Å²) >= 11 is 1.45. The first-order valence-electron chi connectivity index (χ1n) is 9.91. The lowest BCUT2D eigenvalue weighted by molar-refractivity contribution is 0.920. The quantitative estimate of drug-likeness (QED) is 0.420. The Bertz CT molecular complexity index is 1630. The van der Waals surface area contributed by atoms with E-state index >= 15 is 0 Å². The minimum absolute atomic E-state index is 0.164. The monoisotopic (exact) mass is 423 g/mol. The van der Waals surface area contributed by atoms with E-state index in [4.69, 9.17) is 4.98 Å². The number of rotatable bonds is 3. The maximum Gasteiger partial charge on any atom is 0.293 e. The molecule has 0 aliphatic carbocycles. The number of fused-ring (bicyclic) bond motifs is 4. The number of aromatic nitrogens is 4. The van der Waals surface area contributed by atoms with Crippen LogP contribution >= 0.6 is 11.3 Å². The molecule has 0 saturated heterocycles. The lowest BCUT2D eigenvalue weighted by atomic mass is 10.2. The van der Waals surface area contributed by atoms with Crippen LogP contribution in [0.1, 0.15) is 5.56 Å². The molecule has 0 amide bonds. The van der Waals surface area contributed by atoms with E-state index in [1.807, 2.05) is 90.4 Å². The van der Waals surface area contributed by atoms with Crippen LogP contribution in [0.25, 0.3) is 31.8 Å². The molecular formula is C24H17N5OS. The van der Waals surface area contributed by atoms with Crippen LogP contribution in [0.5, 0.6) is 0 Å². The first-order chi connectivity index (χ1) is 15.2. The maximum absolute atomic E-state index is 13.4. The Morgan fingerprint density at radius 1 is 0.903 bits per heavy atom. The van der Waals surface area contributed by atoms with Gasteiger partial charge < -0.3 is 5.32 Å². The Balaban J connectivity index is 1.70. The Hall–Kier alpha value is -3.97. The van der Waals surface area contributed by atoms with Crippen molar-refractivity contribution in [2.75, 3.05) is 5.32 Å². The second-order valence-electron chi connectivity index (χ2n) is 7.39. The van der Waals surface area contributed by atoms with Crippen molar-refractivity contribution in [3.63, 3.8) is 0 Å². The fraction of sp³-hybridized carbons (Fsp3) is 0.0417. The van der Waals surface area contributed by atoms with Gasteiger partial charge in [-0.05, 0) is 37.3 Å². The number of para-hydroxylation sites is 1. The molecule has 0 atom stereocenters. The van der Waals surface area contributed by atoms with Crippen LogP contribution in [-0.4, -0.2) is 19.2 Å². The molecule has 7 heteroatoms. The van der Waals surface area contributed by atoms with Crippen molar-refractivity contribution in [3.05, 3.63) is 94.8 Å². The zero-order valence-corrected chi connectivity index (χ0v) is 17.4. The van der Waals surface area contributed by atoms with Crippen molar-refractivity contribution in [1.82, 2.24) is 19.2 Å². The predicted octanol–water partition coefficient (Wildman–Crippen LogP) is 5.30. The molecule has 150 valence electrons. The van der Waals surface area contributed by atoms with Gasteiger partial charge in [-0.1, -0.05) is 54.1 Å². The average molecular weight is 424 g/mol. The third-order valence-corrected chi connectivity index (χ3v) is 6.43. The summed E-state index contributed by atoms with van der Waals surface area (Å²) in [6.45, 7) is 2.04. The fourth-order valence-electron chi connectivity index (χ4n) is 3.75. The first-order valence-corrected chi connectivity index (χ1v) is 10.7. The molecule has 3 aromatic carbocycles. The molecule has 0 aliphatic rings. The zero-order valence-electron chi connectivity index (χ0n) is 16.6. The smallest absolute Gasteiger partial charge is 0.293 e. The van der Waals surface area contributed by atoms with Gasteiger partial charge in [0.05, 0.1) is 11.2 Å². The highest BCUT2D eigenvalue weighted by molar-refractivity contribution is 7.25. The number of hydrogen-bond acceptors (Lipinski definition) is 5. The Kier molecular flexibility index (Phi) is 3.91. The summed E-state index contributed by atoms with van der Waals surface area (Å²) in [5.41, 5.74) is 3.46. The molecule has 3 heterocycles. The van der Waals surface area contributed by atoms with Crippen LogP contribution in [0, 0.1) is 6.92 Å². The summed E-state index contributed by atoms with van der Waals surface area (Å²) in [5.74, 6) is 1.00. The van der Waals surface area contributed by atoms with E-state index in [9.17, 15) is 4.79 Å². The molecule has 0 fully saturated rings. The van der Waals surface area contributed by atoms with E-state index in [0.29, 0.717) is 21.9 Å². The van der Waals surface area contributed by atoms with Crippen molar-refractivity contribution in [2.24, 2.45) is 0 Å². The molecule has 0 radical (unpaired) electrons. The van der Waals surface area contributed by atoms with Crippen molar-refractivity contribution in [3.8, 4) is 5.69 Å². The lowest BCUT2D eigenvalue weighted by Gasteiger charge is -2.09. The topological polar surface area (TPSA) is 64.2 Å². The summed E-state index contributed by atoms with van der Waals surface area (Å²) in [6.07, 6.45) is 0. The molecule has 0 aliphatic heterocycles. The number of thiophene rings is 1. The van der Waals surface area contributed by atoms with Gasteiger partial charge in [0.25, 0.3) is 5.56 Å². The molecule has 31 heavy (non-hydrogen) atoms. The molecule has 0 saturated carbocycles. The van der Waals surface area contributed by atoms with Gasteiger partial charge in [0.2, 0.25) is 11.7 Å². The Labute approximate surface area is 181 Å². The van der Waals surface area contributed by atoms with Crippen LogP contribution < -0.4 is 10.9 Å². The third kappa shape index (κ3) is 2.82. The van der Waals surface area contributed by atoms with Crippen LogP contribution in [0.4, 0.5) is 11.6 Å². The van der Waals surface area contributed by atoms with Gasteiger partial charge in [0.15, 0.2) is 0 Å². The zero-order chi connectivity index (χ0) is 20.9. The lowest BCUT2D eigenvalue weighted by Crippen LogP contribution is -2.15. The molecule has 3 aromatic heterocycles. The fourth-order valence-corrected chi connectivity index (χ4v) is 4.82. The van der Waals surface area contributed by atoms with E-state index in [0.717, 1.165) is 27.0 Å². The predicted molar refractivity (Wildman–Crippen MR) is 126 cm³/mol. The molecule has 6 aromatic rings. The van der Waals surface area contributed by atoms with Crippen LogP contribution in [0.3, 0.4) is 0 Å². The van der Waals surface area contributed by atoms with Gasteiger partial charge >= 0.3 is 0 Å². The molecule has 1 N–H and O–H groups in total. The average Bonchev–Trinajstić information content (AvgIpc) is 3.34. The summed E-state index contributed by atoms with van der Waals surface area (Å²) in [6, 6.07) is 25.8. The second kappa shape index (κ2) is 6.78. The van der Waals surface area contributed by atoms with Crippen molar-refractivity contribution >= 4 is 49.1 Å². The van der Waals surface area contributed by atoms with Crippen LogP contribution in [0.2, 0.25) is 0 Å². The van der Waals surface area contributed by atoms with Crippen molar-refractivity contribution in [2.45, 2.75) is 6.92 Å². The summed E-state index contributed by atoms with van der Waals surface area (Å²) < 4.78 is 4.93. The Morgan fingerprint density at radius 2 is 1.65 bits per heavy atom. The highest BCUT2D eigenvalue weighted by Gasteiger charge is 2.20. The summed E-state index contributed by atoms with van der Waals surface area (Å²) in [4.78, 5) is 18.3. The highest BCUT2D eigenvalue weighted by atomic mass is 32.1. The molecule has 6 rings (SSSR count). The number of nitrogens with zero attached hydrogens (tertiary/aromatic N) is 4. The van der Waals surface area contributed by atoms with Gasteiger partial charge in [-0.3, -0.25) is 4.79 Å². The van der Waals surface area contributed by atoms with Gasteiger partial charge in [-0.25, -0.2) is 9.55 Å². The number of aryl methyl sites for hydroxylation is 1. The van der Waals surface area contributed by atoms with E-state index < -0.39 is 0 Å². The van der Waals surface area contributed by atoms with Crippen molar-refractivity contribution < 1.29 is 0 Å². The molecule has 0 spiro atoms. The largest absolute Gasteiger partial charge is 0.324 e. The van der Waals surface area contributed by atoms with Gasteiger partial charge in [-0.15, -0.1) is 16.4 Å². The van der Waals surface area contributed by atoms with Gasteiger partial charge in [0, 0.05) is 15.8 Å². The van der Waals surface area contributed by atoms with Crippen LogP contribution in [-0.2, 0) is 0 Å². The molecule has 0 unspecified atom stereocenters. The van der Waals surface area contributed by atoms with Gasteiger partial charge in [0.1, 0.15) is 4.70 Å². The van der Waals surface area contributed by atoms with E-state index in [-0.39, 0.29) is 5.56 Å². The summed E-state index contributed by atoms with van der Waals surface area (Å²) in [7, 11) is 0. The number of anilines is 2. The Morgan fingerprint density at radius 3 is 2.45 bits per heavy atom. The normalized spacial score (nSPS) is 11.5. The third-order valence-electron chi connectivity index (χ3n) is 5.29.